The molecule has 0 radical (unpaired) electrons. The van der Waals surface area contributed by atoms with E-state index >= 15 is 0 Å². The number of alkyl halides is 3. The zero-order valence-corrected chi connectivity index (χ0v) is 35.0. The van der Waals surface area contributed by atoms with Crippen LogP contribution in [0.1, 0.15) is 108 Å². The zero-order chi connectivity index (χ0) is 39.7. The first-order chi connectivity index (χ1) is 23.7. The van der Waals surface area contributed by atoms with Gasteiger partial charge in [0.2, 0.25) is 0 Å². The van der Waals surface area contributed by atoms with Gasteiger partial charge in [-0.05, 0) is 117 Å². The summed E-state index contributed by atoms with van der Waals surface area (Å²) in [4.78, 5) is 37.6. The Bertz CT molecular complexity index is 1510. The lowest BCUT2D eigenvalue weighted by Crippen LogP contribution is -2.53. The van der Waals surface area contributed by atoms with Gasteiger partial charge >= 0.3 is 18.4 Å². The Morgan fingerprint density at radius 3 is 1.71 bits per heavy atom. The molecule has 9 nitrogen and oxygen atoms in total. The van der Waals surface area contributed by atoms with Crippen LogP contribution < -0.4 is 11.1 Å². The monoisotopic (exact) mass is 862 g/mol. The summed E-state index contributed by atoms with van der Waals surface area (Å²) in [5, 5.41) is 3.43. The van der Waals surface area contributed by atoms with Crippen molar-refractivity contribution in [1.82, 2.24) is 15.1 Å². The van der Waals surface area contributed by atoms with Gasteiger partial charge in [0.15, 0.2) is 6.29 Å². The first-order valence-electron chi connectivity index (χ1n) is 17.3. The summed E-state index contributed by atoms with van der Waals surface area (Å²) >= 11 is 6.51. The van der Waals surface area contributed by atoms with Crippen molar-refractivity contribution in [2.24, 2.45) is 5.73 Å². The summed E-state index contributed by atoms with van der Waals surface area (Å²) in [5.74, 6) is 0. The van der Waals surface area contributed by atoms with Crippen molar-refractivity contribution in [2.45, 2.75) is 123 Å². The van der Waals surface area contributed by atoms with Crippen LogP contribution in [0.2, 0.25) is 0 Å². The number of likely N-dealkylation sites (tertiary alicyclic amines) is 2. The van der Waals surface area contributed by atoms with Crippen LogP contribution >= 0.6 is 31.9 Å². The third kappa shape index (κ3) is 16.1. The lowest BCUT2D eigenvalue weighted by Gasteiger charge is -2.40. The summed E-state index contributed by atoms with van der Waals surface area (Å²) in [6.07, 6.45) is -0.889. The second kappa shape index (κ2) is 18.6. The minimum absolute atomic E-state index is 0.126. The standard InChI is InChI=1S/C19H26BrF3N2O2.C11H22N2O2.C8H7BrO/c1-17(2,3)27-16(26)25-9-7-18(4,8-10-25)24-12-13-5-6-14(11-15(13)20)19(21,22)23;1-10(2,3)15-9(14)13-7-5-11(4,12)6-8-13;1-6-2-3-7(5-10)8(9)4-6/h5-6,11,24H,7-10,12H2,1-4H3;5-8,12H2,1-4H3;2-5H,1H3. The van der Waals surface area contributed by atoms with Crippen molar-refractivity contribution in [2.75, 3.05) is 26.2 Å². The van der Waals surface area contributed by atoms with Gasteiger partial charge in [-0.1, -0.05) is 50.1 Å². The Kier molecular flexibility index (Phi) is 16.2. The Balaban J connectivity index is 0.000000312. The molecule has 2 heterocycles. The number of nitrogens with one attached hydrogen (secondary N) is 1. The highest BCUT2D eigenvalue weighted by molar-refractivity contribution is 9.10. The minimum Gasteiger partial charge on any atom is -0.444 e. The van der Waals surface area contributed by atoms with Gasteiger partial charge in [-0.25, -0.2) is 9.59 Å². The molecule has 4 rings (SSSR count). The number of rotatable bonds is 4. The highest BCUT2D eigenvalue weighted by atomic mass is 79.9. The largest absolute Gasteiger partial charge is 0.444 e. The maximum atomic E-state index is 12.8. The fraction of sp³-hybridized carbons (Fsp3) is 0.605. The number of carbonyl (C=O) groups excluding carboxylic acids is 3. The Morgan fingerprint density at radius 1 is 0.827 bits per heavy atom. The van der Waals surface area contributed by atoms with Gasteiger partial charge in [0, 0.05) is 58.3 Å². The van der Waals surface area contributed by atoms with E-state index in [9.17, 15) is 27.6 Å². The average Bonchev–Trinajstić information content (AvgIpc) is 2.99. The van der Waals surface area contributed by atoms with Crippen molar-refractivity contribution in [3.63, 3.8) is 0 Å². The van der Waals surface area contributed by atoms with E-state index in [-0.39, 0.29) is 23.3 Å². The number of halogens is 5. The molecule has 2 fully saturated rings. The summed E-state index contributed by atoms with van der Waals surface area (Å²) in [6.45, 7) is 20.2. The first-order valence-corrected chi connectivity index (χ1v) is 18.9. The van der Waals surface area contributed by atoms with Crippen LogP contribution in [0.25, 0.3) is 0 Å². The molecule has 0 saturated carbocycles. The van der Waals surface area contributed by atoms with Crippen LogP contribution in [0.5, 0.6) is 0 Å². The Morgan fingerprint density at radius 2 is 1.31 bits per heavy atom. The number of hydrogen-bond acceptors (Lipinski definition) is 7. The van der Waals surface area contributed by atoms with Crippen LogP contribution in [0.3, 0.4) is 0 Å². The smallest absolute Gasteiger partial charge is 0.416 e. The summed E-state index contributed by atoms with van der Waals surface area (Å²) in [6, 6.07) is 9.31. The SMILES string of the molecule is CC1(N)CCN(C(=O)OC(C)(C)C)CC1.CC1(NCc2ccc(C(F)(F)F)cc2Br)CCN(C(=O)OC(C)(C)C)CC1.Cc1ccc(C=O)c(Br)c1. The fourth-order valence-corrected chi connectivity index (χ4v) is 6.22. The van der Waals surface area contributed by atoms with Crippen LogP contribution in [-0.2, 0) is 22.2 Å². The van der Waals surface area contributed by atoms with Crippen LogP contribution in [-0.4, -0.2) is 76.7 Å². The second-order valence-corrected chi connectivity index (χ2v) is 17.7. The molecule has 2 aliphatic heterocycles. The van der Waals surface area contributed by atoms with E-state index in [2.05, 4.69) is 44.1 Å². The molecule has 0 aliphatic carbocycles. The molecule has 52 heavy (non-hydrogen) atoms. The molecular weight excluding hydrogens is 809 g/mol. The molecule has 2 aromatic carbocycles. The molecule has 0 unspecified atom stereocenters. The van der Waals surface area contributed by atoms with Gasteiger partial charge in [0.25, 0.3) is 0 Å². The van der Waals surface area contributed by atoms with Crippen molar-refractivity contribution < 1.29 is 37.0 Å². The molecule has 14 heteroatoms. The van der Waals surface area contributed by atoms with Gasteiger partial charge < -0.3 is 30.3 Å². The number of nitrogens with two attached hydrogens (primary N) is 1. The quantitative estimate of drug-likeness (QED) is 0.295. The Labute approximate surface area is 323 Å². The van der Waals surface area contributed by atoms with Gasteiger partial charge in [0.1, 0.15) is 11.2 Å². The molecule has 0 spiro atoms. The van der Waals surface area contributed by atoms with E-state index in [1.807, 2.05) is 67.5 Å². The minimum atomic E-state index is -4.35. The number of piperidine rings is 2. The summed E-state index contributed by atoms with van der Waals surface area (Å²) < 4.78 is 50.3. The number of hydrogen-bond donors (Lipinski definition) is 2. The van der Waals surface area contributed by atoms with E-state index < -0.39 is 22.9 Å². The van der Waals surface area contributed by atoms with Crippen LogP contribution in [0, 0.1) is 6.92 Å². The maximum absolute atomic E-state index is 12.8. The lowest BCUT2D eigenvalue weighted by molar-refractivity contribution is -0.137. The number of ether oxygens (including phenoxy) is 2. The molecule has 3 N–H and O–H groups in total. The summed E-state index contributed by atoms with van der Waals surface area (Å²) in [7, 11) is 0. The zero-order valence-electron chi connectivity index (χ0n) is 31.8. The Hall–Kier alpha value is -2.68. The molecule has 2 aliphatic rings. The van der Waals surface area contributed by atoms with E-state index in [0.717, 1.165) is 59.7 Å². The molecule has 2 aromatic rings. The average molecular weight is 865 g/mol. The number of nitrogens with zero attached hydrogens (tertiary/aromatic N) is 2. The summed E-state index contributed by atoms with van der Waals surface area (Å²) in [5.41, 5.74) is 6.67. The molecule has 0 aromatic heterocycles. The first kappa shape index (κ1) is 45.5. The third-order valence-corrected chi connectivity index (χ3v) is 9.87. The number of benzene rings is 2. The molecule has 0 bridgehead atoms. The molecule has 292 valence electrons. The van der Waals surface area contributed by atoms with E-state index in [4.69, 9.17) is 15.2 Å². The van der Waals surface area contributed by atoms with E-state index in [1.165, 1.54) is 6.07 Å². The van der Waals surface area contributed by atoms with Crippen molar-refractivity contribution in [3.05, 3.63) is 67.6 Å². The lowest BCUT2D eigenvalue weighted by atomic mass is 9.89. The highest BCUT2D eigenvalue weighted by Gasteiger charge is 2.34. The van der Waals surface area contributed by atoms with Crippen molar-refractivity contribution in [1.29, 1.82) is 0 Å². The normalized spacial score (nSPS) is 17.1. The predicted molar refractivity (Wildman–Crippen MR) is 205 cm³/mol. The molecule has 2 saturated heterocycles. The number of amides is 2. The van der Waals surface area contributed by atoms with Crippen molar-refractivity contribution >= 4 is 50.3 Å². The molecule has 0 atom stereocenters. The third-order valence-electron chi connectivity index (χ3n) is 8.44. The number of aldehydes is 1. The highest BCUT2D eigenvalue weighted by Crippen LogP contribution is 2.33. The van der Waals surface area contributed by atoms with E-state index in [1.54, 1.807) is 15.9 Å². The number of aryl methyl sites for hydroxylation is 1. The maximum Gasteiger partial charge on any atom is 0.416 e. The van der Waals surface area contributed by atoms with E-state index in [0.29, 0.717) is 42.8 Å². The van der Waals surface area contributed by atoms with Crippen LogP contribution in [0.15, 0.2) is 45.3 Å². The number of carbonyl (C=O) groups is 3. The van der Waals surface area contributed by atoms with Crippen molar-refractivity contribution in [3.8, 4) is 0 Å². The predicted octanol–water partition coefficient (Wildman–Crippen LogP) is 9.65. The second-order valence-electron chi connectivity index (χ2n) is 15.9. The van der Waals surface area contributed by atoms with Crippen LogP contribution in [0.4, 0.5) is 22.8 Å². The fourth-order valence-electron chi connectivity index (χ4n) is 5.12. The molecule has 2 amide bonds. The van der Waals surface area contributed by atoms with Gasteiger partial charge in [-0.3, -0.25) is 4.79 Å². The molecular formula is C38H55Br2F3N4O5. The van der Waals surface area contributed by atoms with Gasteiger partial charge in [-0.2, -0.15) is 13.2 Å². The van der Waals surface area contributed by atoms with Gasteiger partial charge in [-0.15, -0.1) is 0 Å². The van der Waals surface area contributed by atoms with Gasteiger partial charge in [0.05, 0.1) is 5.56 Å². The topological polar surface area (TPSA) is 114 Å².